The quantitative estimate of drug-likeness (QED) is 0.0654. The summed E-state index contributed by atoms with van der Waals surface area (Å²) in [7, 11) is 3.22. The number of carbonyl (C=O) groups is 3. The summed E-state index contributed by atoms with van der Waals surface area (Å²) in [5.41, 5.74) is 1.53. The number of ether oxygens (including phenoxy) is 5. The highest BCUT2D eigenvalue weighted by Gasteiger charge is 2.35. The molecule has 0 saturated carbocycles. The zero-order valence-corrected chi connectivity index (χ0v) is 32.7. The zero-order valence-electron chi connectivity index (χ0n) is 32.7. The van der Waals surface area contributed by atoms with Gasteiger partial charge in [0.05, 0.1) is 20.8 Å². The maximum Gasteiger partial charge on any atom is 0.308 e. The first-order valence-corrected chi connectivity index (χ1v) is 18.1. The molecule has 298 valence electrons. The van der Waals surface area contributed by atoms with Crippen LogP contribution in [0.5, 0.6) is 28.7 Å². The van der Waals surface area contributed by atoms with E-state index in [4.69, 9.17) is 23.7 Å². The Hall–Kier alpha value is -6.79. The fourth-order valence-electron chi connectivity index (χ4n) is 6.31. The van der Waals surface area contributed by atoms with Crippen LogP contribution in [0.2, 0.25) is 0 Å². The summed E-state index contributed by atoms with van der Waals surface area (Å²) in [6.07, 6.45) is 0. The van der Waals surface area contributed by atoms with Crippen molar-refractivity contribution in [3.05, 3.63) is 185 Å². The van der Waals surface area contributed by atoms with Crippen LogP contribution in [0.1, 0.15) is 59.7 Å². The Bertz CT molecular complexity index is 2020. The maximum absolute atomic E-state index is 11.9. The zero-order chi connectivity index (χ0) is 41.9. The molecule has 0 aliphatic heterocycles. The molecule has 0 fully saturated rings. The molecule has 0 heterocycles. The van der Waals surface area contributed by atoms with Crippen molar-refractivity contribution in [1.82, 2.24) is 0 Å². The van der Waals surface area contributed by atoms with Crippen LogP contribution >= 0.6 is 0 Å². The molecule has 0 bridgehead atoms. The smallest absolute Gasteiger partial charge is 0.308 e. The van der Waals surface area contributed by atoms with Crippen molar-refractivity contribution in [2.45, 2.75) is 38.6 Å². The van der Waals surface area contributed by atoms with Gasteiger partial charge in [-0.2, -0.15) is 0 Å². The van der Waals surface area contributed by atoms with Gasteiger partial charge in [0.2, 0.25) is 0 Å². The van der Waals surface area contributed by atoms with Gasteiger partial charge in [-0.3, -0.25) is 14.4 Å². The van der Waals surface area contributed by atoms with Crippen molar-refractivity contribution in [2.75, 3.05) is 14.2 Å². The molecule has 11 nitrogen and oxygen atoms in total. The van der Waals surface area contributed by atoms with Crippen molar-refractivity contribution < 1.29 is 53.4 Å². The predicted octanol–water partition coefficient (Wildman–Crippen LogP) is 7.23. The molecule has 0 aliphatic rings. The third kappa shape index (κ3) is 9.95. The van der Waals surface area contributed by atoms with Gasteiger partial charge in [-0.15, -0.1) is 0 Å². The average molecular weight is 785 g/mol. The van der Waals surface area contributed by atoms with Crippen molar-refractivity contribution >= 4 is 17.9 Å². The number of hydrogen-bond donors (Lipinski definition) is 3. The van der Waals surface area contributed by atoms with Gasteiger partial charge in [0.1, 0.15) is 39.9 Å². The minimum Gasteiger partial charge on any atom is -0.497 e. The number of aliphatic hydroxyl groups is 3. The van der Waals surface area contributed by atoms with Crippen molar-refractivity contribution in [1.29, 1.82) is 0 Å². The molecule has 0 saturated heterocycles. The van der Waals surface area contributed by atoms with Crippen LogP contribution in [0.4, 0.5) is 0 Å². The molecule has 58 heavy (non-hydrogen) atoms. The van der Waals surface area contributed by atoms with Crippen molar-refractivity contribution in [2.24, 2.45) is 0 Å². The molecule has 6 rings (SSSR count). The van der Waals surface area contributed by atoms with E-state index in [-0.39, 0.29) is 6.61 Å². The number of esters is 3. The highest BCUT2D eigenvalue weighted by atomic mass is 16.5. The normalized spacial score (nSPS) is 11.0. The number of hydrogen-bond acceptors (Lipinski definition) is 11. The monoisotopic (exact) mass is 784 g/mol. The Kier molecular flexibility index (Phi) is 13.8. The topological polar surface area (TPSA) is 158 Å². The second-order valence-corrected chi connectivity index (χ2v) is 13.1. The largest absolute Gasteiger partial charge is 0.497 e. The second kappa shape index (κ2) is 18.9. The number of aliphatic hydroxyl groups excluding tert-OH is 1. The molecule has 6 aromatic rings. The third-order valence-electron chi connectivity index (χ3n) is 9.17. The maximum atomic E-state index is 11.9. The predicted molar refractivity (Wildman–Crippen MR) is 216 cm³/mol. The van der Waals surface area contributed by atoms with Crippen molar-refractivity contribution in [3.63, 3.8) is 0 Å². The van der Waals surface area contributed by atoms with Crippen LogP contribution in [0.3, 0.4) is 0 Å². The Labute approximate surface area is 336 Å². The Balaban J connectivity index is 0.000000226. The van der Waals surface area contributed by atoms with Gasteiger partial charge >= 0.3 is 17.9 Å². The minimum absolute atomic E-state index is 0.0379. The van der Waals surface area contributed by atoms with E-state index in [1.165, 1.54) is 20.8 Å². The minimum atomic E-state index is -1.60. The second-order valence-electron chi connectivity index (χ2n) is 13.1. The van der Waals surface area contributed by atoms with Gasteiger partial charge in [-0.25, -0.2) is 0 Å². The van der Waals surface area contributed by atoms with E-state index in [2.05, 4.69) is 0 Å². The number of methoxy groups -OCH3 is 2. The molecular weight excluding hydrogens is 741 g/mol. The first-order chi connectivity index (χ1) is 27.8. The lowest BCUT2D eigenvalue weighted by Crippen LogP contribution is -2.28. The lowest BCUT2D eigenvalue weighted by molar-refractivity contribution is -0.132. The van der Waals surface area contributed by atoms with Crippen molar-refractivity contribution in [3.8, 4) is 28.7 Å². The molecule has 0 amide bonds. The van der Waals surface area contributed by atoms with E-state index < -0.39 is 29.1 Å². The summed E-state index contributed by atoms with van der Waals surface area (Å²) in [6, 6.07) is 41.4. The summed E-state index contributed by atoms with van der Waals surface area (Å²) in [5.74, 6) is 1.14. The van der Waals surface area contributed by atoms with Gasteiger partial charge in [0.15, 0.2) is 0 Å². The van der Waals surface area contributed by atoms with Gasteiger partial charge < -0.3 is 39.0 Å². The van der Waals surface area contributed by atoms with E-state index in [1.54, 1.807) is 87.0 Å². The summed E-state index contributed by atoms with van der Waals surface area (Å²) in [4.78, 5) is 33.6. The molecular formula is C47H44O11. The average Bonchev–Trinajstić information content (AvgIpc) is 3.23. The summed E-state index contributed by atoms with van der Waals surface area (Å²) in [6.45, 7) is 3.88. The third-order valence-corrected chi connectivity index (χ3v) is 9.17. The van der Waals surface area contributed by atoms with Gasteiger partial charge in [0.25, 0.3) is 0 Å². The van der Waals surface area contributed by atoms with E-state index in [0.29, 0.717) is 39.5 Å². The van der Waals surface area contributed by atoms with Gasteiger partial charge in [-0.05, 0) is 99.6 Å². The van der Waals surface area contributed by atoms with E-state index in [1.807, 2.05) is 72.8 Å². The standard InChI is InChI=1S/C25H22O7.C22H22O4/c1-16(26)30-22-10-4-19(5-11-22)25(29,20-6-12-23(13-7-20)31-17(2)27)21-8-14-24(15-9-21)32-18(3)28;1-25-20-11-7-18(8-12-20)22(24,17-5-3-16(15-23)4-6-17)19-9-13-21(26-2)14-10-19/h4-15,29H,1-3H3;3-14,23-24H,15H2,1-2H3. The highest BCUT2D eigenvalue weighted by molar-refractivity contribution is 5.70. The summed E-state index contributed by atoms with van der Waals surface area (Å²) in [5, 5.41) is 33.0. The summed E-state index contributed by atoms with van der Waals surface area (Å²) >= 11 is 0. The van der Waals surface area contributed by atoms with Crippen LogP contribution in [-0.2, 0) is 32.2 Å². The van der Waals surface area contributed by atoms with Gasteiger partial charge in [-0.1, -0.05) is 84.9 Å². The van der Waals surface area contributed by atoms with Crippen LogP contribution in [0.15, 0.2) is 146 Å². The molecule has 11 heteroatoms. The lowest BCUT2D eigenvalue weighted by Gasteiger charge is -2.30. The fourth-order valence-corrected chi connectivity index (χ4v) is 6.31. The molecule has 6 aromatic carbocycles. The Morgan fingerprint density at radius 2 is 0.603 bits per heavy atom. The van der Waals surface area contributed by atoms with Crippen LogP contribution < -0.4 is 23.7 Å². The molecule has 3 N–H and O–H groups in total. The van der Waals surface area contributed by atoms with Crippen LogP contribution in [0.25, 0.3) is 0 Å². The highest BCUT2D eigenvalue weighted by Crippen LogP contribution is 2.40. The Morgan fingerprint density at radius 1 is 0.397 bits per heavy atom. The van der Waals surface area contributed by atoms with E-state index in [9.17, 15) is 29.7 Å². The fraction of sp³-hybridized carbons (Fsp3) is 0.170. The summed E-state index contributed by atoms with van der Waals surface area (Å²) < 4.78 is 25.7. The molecule has 0 atom stereocenters. The number of carbonyl (C=O) groups excluding carboxylic acids is 3. The number of benzene rings is 6. The Morgan fingerprint density at radius 3 is 0.793 bits per heavy atom. The van der Waals surface area contributed by atoms with Crippen LogP contribution in [-0.4, -0.2) is 47.4 Å². The molecule has 0 unspecified atom stereocenters. The SMILES string of the molecule is CC(=O)Oc1ccc(C(O)(c2ccc(OC(C)=O)cc2)c2ccc(OC(C)=O)cc2)cc1.COc1ccc(C(O)(c2ccc(CO)cc2)c2ccc(OC)cc2)cc1. The van der Waals surface area contributed by atoms with Gasteiger partial charge in [0, 0.05) is 20.8 Å². The molecule has 0 spiro atoms. The first-order valence-electron chi connectivity index (χ1n) is 18.1. The van der Waals surface area contributed by atoms with Crippen LogP contribution in [0, 0.1) is 0 Å². The lowest BCUT2D eigenvalue weighted by atomic mass is 9.80. The van der Waals surface area contributed by atoms with E-state index >= 15 is 0 Å². The van der Waals surface area contributed by atoms with E-state index in [0.717, 1.165) is 28.2 Å². The number of rotatable bonds is 12. The molecule has 0 radical (unpaired) electrons. The molecule has 0 aliphatic carbocycles. The first kappa shape index (κ1) is 42.4. The molecule has 0 aromatic heterocycles.